The number of nitrogens with zero attached hydrogens (tertiary/aromatic N) is 2. The molecule has 6 atom stereocenters. The number of hydrogen-bond acceptors (Lipinski definition) is 11. The maximum absolute atomic E-state index is 14.6. The summed E-state index contributed by atoms with van der Waals surface area (Å²) < 4.78 is 1.01. The van der Waals surface area contributed by atoms with E-state index < -0.39 is 77.6 Å². The van der Waals surface area contributed by atoms with Gasteiger partial charge in [-0.2, -0.15) is 0 Å². The number of rotatable bonds is 22. The number of nitrogens with two attached hydrogens (primary N) is 1. The molecule has 3 aromatic carbocycles. The minimum absolute atomic E-state index is 0.113. The quantitative estimate of drug-likeness (QED) is 0.0576. The fourth-order valence-corrected chi connectivity index (χ4v) is 10.3. The van der Waals surface area contributed by atoms with Gasteiger partial charge in [-0.15, -0.1) is 11.3 Å². The summed E-state index contributed by atoms with van der Waals surface area (Å²) in [6, 6.07) is 22.0. The first-order valence-electron chi connectivity index (χ1n) is 24.1. The molecule has 366 valence electrons. The molecule has 0 bridgehead atoms. The summed E-state index contributed by atoms with van der Waals surface area (Å²) >= 11 is 1.50. The molecule has 18 heteroatoms. The summed E-state index contributed by atoms with van der Waals surface area (Å²) in [4.78, 5) is 103. The first kappa shape index (κ1) is 50.1. The van der Waals surface area contributed by atoms with E-state index in [2.05, 4.69) is 42.2 Å². The van der Waals surface area contributed by atoms with Gasteiger partial charge in [-0.1, -0.05) is 111 Å². The van der Waals surface area contributed by atoms with Crippen LogP contribution in [0.3, 0.4) is 0 Å². The molecule has 1 aliphatic carbocycles. The van der Waals surface area contributed by atoms with E-state index in [4.69, 9.17) is 5.73 Å². The molecule has 0 unspecified atom stereocenters. The highest BCUT2D eigenvalue weighted by molar-refractivity contribution is 7.19. The molecule has 9 N–H and O–H groups in total. The average Bonchev–Trinajstić information content (AvgIpc) is 4.01. The van der Waals surface area contributed by atoms with Gasteiger partial charge < -0.3 is 47.9 Å². The second kappa shape index (κ2) is 24.5. The molecule has 4 aromatic rings. The number of carbonyl (C=O) groups is 7. The standard InChI is InChI=1S/C51H64N10O7S/c1-32(62)56-40(28-34-15-7-3-8-16-34)46(64)57-38(21-23-53-51-54-24-25-55-51)50(68)61-26-22-43(61)49(67)60-41(29-35-17-9-4-10-18-35)47(65)59-42(31-37-30-36-19-11-12-20-44(36)69-37)48(66)58-39(45(52)63)27-33-13-5-2-6-14-33/h2-3,5-8,11-16,19-20,30,35,38-43H,4,9-10,17-18,21-29,31H2,1H3,(H2,52,63)(H,56,62)(H,57,64)(H,58,66)(H,59,65)(H,60,67)(H2,53,54,55)/t38-,39-,40-,41+,42-,43-/m0/s1. The van der Waals surface area contributed by atoms with Gasteiger partial charge in [-0.25, -0.2) is 0 Å². The van der Waals surface area contributed by atoms with Crippen molar-refractivity contribution in [2.24, 2.45) is 16.6 Å². The van der Waals surface area contributed by atoms with E-state index in [1.165, 1.54) is 23.2 Å². The van der Waals surface area contributed by atoms with Crippen molar-refractivity contribution in [2.45, 2.75) is 114 Å². The van der Waals surface area contributed by atoms with Crippen LogP contribution in [0.5, 0.6) is 0 Å². The van der Waals surface area contributed by atoms with Gasteiger partial charge in [0.2, 0.25) is 41.4 Å². The van der Waals surface area contributed by atoms with Crippen LogP contribution in [-0.4, -0.2) is 115 Å². The number of fused-ring (bicyclic) bond motifs is 1. The van der Waals surface area contributed by atoms with Gasteiger partial charge in [0.25, 0.3) is 0 Å². The molecule has 3 heterocycles. The number of guanidine groups is 1. The van der Waals surface area contributed by atoms with Crippen molar-refractivity contribution < 1.29 is 33.6 Å². The normalized spacial score (nSPS) is 17.9. The zero-order chi connectivity index (χ0) is 48.7. The summed E-state index contributed by atoms with van der Waals surface area (Å²) in [6.45, 7) is 3.11. The third-order valence-corrected chi connectivity index (χ3v) is 14.1. The predicted molar refractivity (Wildman–Crippen MR) is 265 cm³/mol. The molecular weight excluding hydrogens is 897 g/mol. The van der Waals surface area contributed by atoms with Crippen LogP contribution in [0.15, 0.2) is 96.0 Å². The summed E-state index contributed by atoms with van der Waals surface area (Å²) in [5, 5.41) is 21.6. The Morgan fingerprint density at radius 3 is 1.93 bits per heavy atom. The number of hydrogen-bond donors (Lipinski definition) is 8. The van der Waals surface area contributed by atoms with Crippen LogP contribution in [0.1, 0.15) is 74.3 Å². The van der Waals surface area contributed by atoms with Crippen molar-refractivity contribution in [3.8, 4) is 0 Å². The maximum atomic E-state index is 14.6. The molecule has 69 heavy (non-hydrogen) atoms. The second-order valence-corrected chi connectivity index (χ2v) is 19.4. The molecule has 3 aliphatic rings. The van der Waals surface area contributed by atoms with Crippen molar-refractivity contribution in [3.63, 3.8) is 0 Å². The highest BCUT2D eigenvalue weighted by Gasteiger charge is 2.43. The fraction of sp³-hybridized carbons (Fsp3) is 0.451. The van der Waals surface area contributed by atoms with Crippen molar-refractivity contribution in [1.82, 2.24) is 42.1 Å². The minimum Gasteiger partial charge on any atom is -0.368 e. The van der Waals surface area contributed by atoms with Crippen LogP contribution in [0.25, 0.3) is 10.1 Å². The van der Waals surface area contributed by atoms with Crippen molar-refractivity contribution >= 4 is 68.7 Å². The molecule has 2 aliphatic heterocycles. The molecule has 7 amide bonds. The van der Waals surface area contributed by atoms with E-state index in [0.717, 1.165) is 58.2 Å². The number of likely N-dealkylation sites (tertiary alicyclic amines) is 1. The predicted octanol–water partition coefficient (Wildman–Crippen LogP) is 2.37. The summed E-state index contributed by atoms with van der Waals surface area (Å²) in [5.41, 5.74) is 7.43. The van der Waals surface area contributed by atoms with Crippen LogP contribution < -0.4 is 43.0 Å². The van der Waals surface area contributed by atoms with Crippen molar-refractivity contribution in [3.05, 3.63) is 107 Å². The number of benzene rings is 3. The lowest BCUT2D eigenvalue weighted by Gasteiger charge is -2.42. The maximum Gasteiger partial charge on any atom is 0.245 e. The highest BCUT2D eigenvalue weighted by atomic mass is 32.1. The molecule has 1 aromatic heterocycles. The van der Waals surface area contributed by atoms with Gasteiger partial charge in [0.05, 0.1) is 6.54 Å². The van der Waals surface area contributed by atoms with E-state index >= 15 is 0 Å². The molecule has 7 rings (SSSR count). The number of carbonyl (C=O) groups excluding carboxylic acids is 7. The number of amides is 7. The summed E-state index contributed by atoms with van der Waals surface area (Å²) in [5.74, 6) is -3.13. The van der Waals surface area contributed by atoms with Crippen LogP contribution in [0, 0.1) is 5.92 Å². The number of aliphatic imine (C=N–C) groups is 1. The van der Waals surface area contributed by atoms with E-state index in [1.54, 1.807) is 0 Å². The zero-order valence-corrected chi connectivity index (χ0v) is 39.9. The number of nitrogens with one attached hydrogen (secondary N) is 7. The smallest absolute Gasteiger partial charge is 0.245 e. The second-order valence-electron chi connectivity index (χ2n) is 18.2. The van der Waals surface area contributed by atoms with Gasteiger partial charge >= 0.3 is 0 Å². The van der Waals surface area contributed by atoms with Gasteiger partial charge in [0, 0.05) is 55.4 Å². The Kier molecular flexibility index (Phi) is 17.7. The monoisotopic (exact) mass is 960 g/mol. The first-order valence-corrected chi connectivity index (χ1v) is 24.9. The number of primary amides is 1. The van der Waals surface area contributed by atoms with Crippen LogP contribution in [0.2, 0.25) is 0 Å². The SMILES string of the molecule is CC(=O)N[C@@H](Cc1ccccc1)C(=O)N[C@@H](CCNC1=NCCN1)C(=O)N1CC[C@H]1C(=O)N[C@H](CC1CCCCC1)C(=O)N[C@@H](Cc1cc2ccccc2s1)C(=O)N[C@@H](Cc1ccccc1)C(N)=O. The van der Waals surface area contributed by atoms with Crippen LogP contribution >= 0.6 is 11.3 Å². The highest BCUT2D eigenvalue weighted by Crippen LogP contribution is 2.29. The topological polar surface area (TPSA) is 245 Å². The fourth-order valence-electron chi connectivity index (χ4n) is 9.23. The van der Waals surface area contributed by atoms with E-state index in [-0.39, 0.29) is 44.7 Å². The van der Waals surface area contributed by atoms with Crippen molar-refractivity contribution in [1.29, 1.82) is 0 Å². The van der Waals surface area contributed by atoms with Gasteiger partial charge in [0.1, 0.15) is 36.3 Å². The van der Waals surface area contributed by atoms with E-state index in [0.29, 0.717) is 31.9 Å². The third-order valence-electron chi connectivity index (χ3n) is 13.0. The largest absolute Gasteiger partial charge is 0.368 e. The van der Waals surface area contributed by atoms with Crippen LogP contribution in [0.4, 0.5) is 0 Å². The first-order chi connectivity index (χ1) is 33.4. The number of thiophene rings is 1. The van der Waals surface area contributed by atoms with E-state index in [1.807, 2.05) is 91.0 Å². The van der Waals surface area contributed by atoms with Crippen LogP contribution in [-0.2, 0) is 52.8 Å². The van der Waals surface area contributed by atoms with E-state index in [9.17, 15) is 33.6 Å². The molecule has 1 saturated carbocycles. The van der Waals surface area contributed by atoms with Gasteiger partial charge in [-0.3, -0.25) is 38.6 Å². The average molecular weight is 961 g/mol. The molecule has 0 spiro atoms. The molecule has 1 saturated heterocycles. The third kappa shape index (κ3) is 14.4. The van der Waals surface area contributed by atoms with Gasteiger partial charge in [-0.05, 0) is 53.8 Å². The Bertz CT molecular complexity index is 2430. The lowest BCUT2D eigenvalue weighted by atomic mass is 9.84. The Labute approximate surface area is 406 Å². The van der Waals surface area contributed by atoms with Gasteiger partial charge in [0.15, 0.2) is 5.96 Å². The lowest BCUT2D eigenvalue weighted by molar-refractivity contribution is -0.151. The summed E-state index contributed by atoms with van der Waals surface area (Å²) in [6.07, 6.45) is 6.06. The molecule has 2 fully saturated rings. The zero-order valence-electron chi connectivity index (χ0n) is 39.0. The summed E-state index contributed by atoms with van der Waals surface area (Å²) in [7, 11) is 0. The molecule has 0 radical (unpaired) electrons. The van der Waals surface area contributed by atoms with Crippen molar-refractivity contribution in [2.75, 3.05) is 26.2 Å². The molecular formula is C51H64N10O7S. The Balaban J connectivity index is 1.08. The Morgan fingerprint density at radius 2 is 1.32 bits per heavy atom. The minimum atomic E-state index is -1.14. The lowest BCUT2D eigenvalue weighted by Crippen LogP contribution is -2.65. The molecule has 17 nitrogen and oxygen atoms in total. The Morgan fingerprint density at radius 1 is 0.710 bits per heavy atom. The Hall–Kier alpha value is -6.82.